The Kier molecular flexibility index (Phi) is 4.78. The van der Waals surface area contributed by atoms with Crippen LogP contribution in [0.1, 0.15) is 42.6 Å². The van der Waals surface area contributed by atoms with Crippen LogP contribution in [0.5, 0.6) is 0 Å². The van der Waals surface area contributed by atoms with Crippen LogP contribution in [0.4, 0.5) is 0 Å². The molecule has 24 heavy (non-hydrogen) atoms. The number of aromatic amines is 1. The average molecular weight is 351 g/mol. The molecule has 0 aromatic carbocycles. The van der Waals surface area contributed by atoms with Crippen molar-refractivity contribution in [2.75, 3.05) is 19.3 Å². The molecule has 2 aromatic rings. The Balaban J connectivity index is 1.75. The van der Waals surface area contributed by atoms with Crippen molar-refractivity contribution in [2.45, 2.75) is 50.6 Å². The maximum Gasteiger partial charge on any atom is 0.178 e. The highest BCUT2D eigenvalue weighted by Gasteiger charge is 2.28. The third kappa shape index (κ3) is 3.54. The maximum atomic E-state index is 11.9. The summed E-state index contributed by atoms with van der Waals surface area (Å²) in [5, 5.41) is 11.4. The molecule has 1 saturated heterocycles. The van der Waals surface area contributed by atoms with E-state index in [0.29, 0.717) is 4.90 Å². The highest BCUT2D eigenvalue weighted by Crippen LogP contribution is 2.30. The Morgan fingerprint density at radius 3 is 2.88 bits per heavy atom. The summed E-state index contributed by atoms with van der Waals surface area (Å²) in [5.41, 5.74) is 3.06. The predicted molar refractivity (Wildman–Crippen MR) is 91.6 cm³/mol. The number of H-pyrrole nitrogens is 1. The smallest absolute Gasteiger partial charge is 0.178 e. The lowest BCUT2D eigenvalue weighted by Crippen LogP contribution is -2.34. The summed E-state index contributed by atoms with van der Waals surface area (Å²) >= 11 is 0. The summed E-state index contributed by atoms with van der Waals surface area (Å²) in [6.07, 6.45) is 6.81. The van der Waals surface area contributed by atoms with Crippen LogP contribution >= 0.6 is 0 Å². The number of nitrogens with one attached hydrogen (secondary N) is 1. The second-order valence-electron chi connectivity index (χ2n) is 6.59. The monoisotopic (exact) mass is 351 g/mol. The number of hydrogen-bond donors (Lipinski definition) is 1. The lowest BCUT2D eigenvalue weighted by molar-refractivity contribution is 0.197. The molecule has 7 nitrogen and oxygen atoms in total. The normalized spacial score (nSPS) is 19.7. The van der Waals surface area contributed by atoms with Crippen molar-refractivity contribution < 1.29 is 8.42 Å². The number of nitrogens with zero attached hydrogens (tertiary/aromatic N) is 4. The lowest BCUT2D eigenvalue weighted by atomic mass is 9.94. The Hall–Kier alpha value is -1.67. The largest absolute Gasteiger partial charge is 0.298 e. The Bertz CT molecular complexity index is 808. The fraction of sp³-hybridized carbons (Fsp3) is 0.625. The van der Waals surface area contributed by atoms with Gasteiger partial charge in [0.1, 0.15) is 4.90 Å². The zero-order chi connectivity index (χ0) is 17.3. The average Bonchev–Trinajstić information content (AvgIpc) is 3.15. The molecule has 0 bridgehead atoms. The molecule has 8 heteroatoms. The first-order valence-corrected chi connectivity index (χ1v) is 10.3. The van der Waals surface area contributed by atoms with Gasteiger partial charge in [-0.25, -0.2) is 8.42 Å². The molecule has 0 saturated carbocycles. The van der Waals surface area contributed by atoms with Gasteiger partial charge in [0, 0.05) is 43.6 Å². The minimum Gasteiger partial charge on any atom is -0.298 e. The van der Waals surface area contributed by atoms with Gasteiger partial charge in [0.15, 0.2) is 9.84 Å². The number of sulfone groups is 1. The van der Waals surface area contributed by atoms with E-state index in [0.717, 1.165) is 50.4 Å². The highest BCUT2D eigenvalue weighted by molar-refractivity contribution is 7.90. The fourth-order valence-electron chi connectivity index (χ4n) is 3.43. The number of hydrogen-bond acceptors (Lipinski definition) is 5. The van der Waals surface area contributed by atoms with Gasteiger partial charge in [-0.1, -0.05) is 0 Å². The third-order valence-corrected chi connectivity index (χ3v) is 5.84. The predicted octanol–water partition coefficient (Wildman–Crippen LogP) is 1.72. The molecule has 0 spiro atoms. The van der Waals surface area contributed by atoms with E-state index in [2.05, 4.69) is 33.3 Å². The zero-order valence-electron chi connectivity index (χ0n) is 14.5. The number of aromatic nitrogens is 4. The lowest BCUT2D eigenvalue weighted by Gasteiger charge is -2.32. The summed E-state index contributed by atoms with van der Waals surface area (Å²) in [6.45, 7) is 7.70. The molecule has 1 atom stereocenters. The number of aryl methyl sites for hydroxylation is 2. The standard InChI is InChI=1S/C16H25N5O2S/c1-4-21-11-14(12(2)19-21)10-20-7-5-6-13(9-20)16-15(8-17-18-16)24(3,22)23/h8,11,13H,4-7,9-10H2,1-3H3,(H,17,18)/t13-/m0/s1. The van der Waals surface area contributed by atoms with Crippen LogP contribution in [0.3, 0.4) is 0 Å². The number of piperidine rings is 1. The van der Waals surface area contributed by atoms with E-state index < -0.39 is 9.84 Å². The molecule has 3 rings (SSSR count). The van der Waals surface area contributed by atoms with Gasteiger partial charge in [-0.3, -0.25) is 14.7 Å². The van der Waals surface area contributed by atoms with Crippen molar-refractivity contribution in [3.8, 4) is 0 Å². The summed E-state index contributed by atoms with van der Waals surface area (Å²) in [7, 11) is -3.25. The summed E-state index contributed by atoms with van der Waals surface area (Å²) in [6, 6.07) is 0. The molecule has 1 aliphatic heterocycles. The van der Waals surface area contributed by atoms with Crippen molar-refractivity contribution in [3.05, 3.63) is 29.3 Å². The quantitative estimate of drug-likeness (QED) is 0.887. The first-order valence-electron chi connectivity index (χ1n) is 8.37. The van der Waals surface area contributed by atoms with Crippen molar-refractivity contribution in [2.24, 2.45) is 0 Å². The molecular weight excluding hydrogens is 326 g/mol. The van der Waals surface area contributed by atoms with Crippen molar-refractivity contribution in [3.63, 3.8) is 0 Å². The van der Waals surface area contributed by atoms with Crippen molar-refractivity contribution in [1.82, 2.24) is 24.9 Å². The fourth-order valence-corrected chi connectivity index (χ4v) is 4.28. The van der Waals surface area contributed by atoms with Gasteiger partial charge in [-0.05, 0) is 33.2 Å². The van der Waals surface area contributed by atoms with E-state index in [1.165, 1.54) is 18.0 Å². The van der Waals surface area contributed by atoms with E-state index >= 15 is 0 Å². The number of likely N-dealkylation sites (tertiary alicyclic amines) is 1. The molecular formula is C16H25N5O2S. The molecule has 0 amide bonds. The van der Waals surface area contributed by atoms with Crippen molar-refractivity contribution >= 4 is 9.84 Å². The summed E-state index contributed by atoms with van der Waals surface area (Å²) < 4.78 is 25.8. The zero-order valence-corrected chi connectivity index (χ0v) is 15.3. The van der Waals surface area contributed by atoms with Gasteiger partial charge in [-0.15, -0.1) is 0 Å². The first-order chi connectivity index (χ1) is 11.4. The van der Waals surface area contributed by atoms with E-state index in [1.54, 1.807) is 0 Å². The molecule has 0 radical (unpaired) electrons. The summed E-state index contributed by atoms with van der Waals surface area (Å²) in [5.74, 6) is 0.174. The SMILES string of the molecule is CCn1cc(CN2CCC[C@H](c3[nH]ncc3S(C)(=O)=O)C2)c(C)n1. The van der Waals surface area contributed by atoms with E-state index in [-0.39, 0.29) is 5.92 Å². The summed E-state index contributed by atoms with van der Waals surface area (Å²) in [4.78, 5) is 2.72. The molecule has 1 aliphatic rings. The Morgan fingerprint density at radius 1 is 1.42 bits per heavy atom. The van der Waals surface area contributed by atoms with Crippen LogP contribution < -0.4 is 0 Å². The highest BCUT2D eigenvalue weighted by atomic mass is 32.2. The minimum atomic E-state index is -3.25. The van der Waals surface area contributed by atoms with E-state index in [9.17, 15) is 8.42 Å². The molecule has 0 aliphatic carbocycles. The topological polar surface area (TPSA) is 83.9 Å². The van der Waals surface area contributed by atoms with Crippen LogP contribution in [0.25, 0.3) is 0 Å². The third-order valence-electron chi connectivity index (χ3n) is 4.71. The van der Waals surface area contributed by atoms with Gasteiger partial charge in [0.25, 0.3) is 0 Å². The van der Waals surface area contributed by atoms with Crippen LogP contribution in [0, 0.1) is 6.92 Å². The second-order valence-corrected chi connectivity index (χ2v) is 8.57. The molecule has 1 fully saturated rings. The van der Waals surface area contributed by atoms with Gasteiger partial charge in [-0.2, -0.15) is 10.2 Å². The molecule has 1 N–H and O–H groups in total. The first kappa shape index (κ1) is 17.2. The molecule has 2 aromatic heterocycles. The molecule has 0 unspecified atom stereocenters. The van der Waals surface area contributed by atoms with Crippen molar-refractivity contribution in [1.29, 1.82) is 0 Å². The molecule has 3 heterocycles. The van der Waals surface area contributed by atoms with Crippen LogP contribution in [0.15, 0.2) is 17.3 Å². The number of rotatable bonds is 5. The second kappa shape index (κ2) is 6.68. The van der Waals surface area contributed by atoms with E-state index in [4.69, 9.17) is 0 Å². The Morgan fingerprint density at radius 2 is 2.21 bits per heavy atom. The van der Waals surface area contributed by atoms with E-state index in [1.807, 2.05) is 11.6 Å². The Labute approximate surface area is 143 Å². The van der Waals surface area contributed by atoms with Gasteiger partial charge < -0.3 is 0 Å². The van der Waals surface area contributed by atoms with Crippen LogP contribution in [0.2, 0.25) is 0 Å². The maximum absolute atomic E-state index is 11.9. The van der Waals surface area contributed by atoms with Gasteiger partial charge in [0.05, 0.1) is 17.6 Å². The van der Waals surface area contributed by atoms with Crippen LogP contribution in [-0.2, 0) is 22.9 Å². The van der Waals surface area contributed by atoms with Gasteiger partial charge >= 0.3 is 0 Å². The molecule has 132 valence electrons. The van der Waals surface area contributed by atoms with Crippen LogP contribution in [-0.4, -0.2) is 52.6 Å². The van der Waals surface area contributed by atoms with Gasteiger partial charge in [0.2, 0.25) is 0 Å². The minimum absolute atomic E-state index is 0.174.